The lowest BCUT2D eigenvalue weighted by atomic mass is 9.92. The van der Waals surface area contributed by atoms with Crippen molar-refractivity contribution in [2.75, 3.05) is 52.8 Å². The van der Waals surface area contributed by atoms with Crippen LogP contribution in [0.2, 0.25) is 0 Å². The lowest BCUT2D eigenvalue weighted by Crippen LogP contribution is -2.70. The molecule has 216 valence electrons. The number of aliphatic hydroxyl groups is 1. The summed E-state index contributed by atoms with van der Waals surface area (Å²) in [4.78, 5) is 11.4. The number of carbonyl (C=O) groups is 1. The molecule has 1 amide bonds. The second-order valence-electron chi connectivity index (χ2n) is 6.91. The number of nitrogens with one attached hydrogen (secondary N) is 1. The van der Waals surface area contributed by atoms with Crippen molar-refractivity contribution >= 4 is 5.91 Å². The summed E-state index contributed by atoms with van der Waals surface area (Å²) in [5.74, 6) is -38.8. The molecule has 19 heteroatoms. The van der Waals surface area contributed by atoms with Crippen LogP contribution in [-0.2, 0) is 19.0 Å². The Bertz CT molecular complexity index is 674. The quantitative estimate of drug-likeness (QED) is 0.196. The van der Waals surface area contributed by atoms with Crippen molar-refractivity contribution in [3.8, 4) is 0 Å². The maximum atomic E-state index is 13.6. The molecule has 0 atom stereocenters. The van der Waals surface area contributed by atoms with Crippen LogP contribution >= 0.6 is 0 Å². The van der Waals surface area contributed by atoms with Crippen LogP contribution in [0.5, 0.6) is 0 Å². The zero-order valence-electron chi connectivity index (χ0n) is 18.1. The van der Waals surface area contributed by atoms with Crippen LogP contribution in [0, 0.1) is 0 Å². The molecule has 0 fully saturated rings. The van der Waals surface area contributed by atoms with Gasteiger partial charge < -0.3 is 24.6 Å². The Morgan fingerprint density at radius 1 is 0.611 bits per heavy atom. The van der Waals surface area contributed by atoms with Crippen LogP contribution in [0.15, 0.2) is 0 Å². The molecule has 0 heterocycles. The fraction of sp³-hybridized carbons (Fsp3) is 0.941. The Morgan fingerprint density at radius 2 is 1.03 bits per heavy atom. The number of halogens is 13. The van der Waals surface area contributed by atoms with E-state index in [1.54, 1.807) is 0 Å². The molecule has 36 heavy (non-hydrogen) atoms. The number of aliphatic hydroxyl groups excluding tert-OH is 1. The molecule has 0 saturated heterocycles. The molecule has 0 aliphatic rings. The Labute approximate surface area is 195 Å². The predicted octanol–water partition coefficient (Wildman–Crippen LogP) is 3.66. The van der Waals surface area contributed by atoms with E-state index in [4.69, 9.17) is 19.3 Å². The first-order valence-electron chi connectivity index (χ1n) is 9.77. The molecular weight excluding hydrogens is 545 g/mol. The Balaban J connectivity index is 4.73. The van der Waals surface area contributed by atoms with Crippen molar-refractivity contribution in [2.45, 2.75) is 48.6 Å². The molecule has 6 nitrogen and oxygen atoms in total. The molecule has 2 N–H and O–H groups in total. The normalized spacial score (nSPS) is 14.3. The van der Waals surface area contributed by atoms with E-state index in [9.17, 15) is 61.9 Å². The van der Waals surface area contributed by atoms with Gasteiger partial charge in [-0.3, -0.25) is 4.79 Å². The summed E-state index contributed by atoms with van der Waals surface area (Å²) in [5.41, 5.74) is 0. The van der Waals surface area contributed by atoms with E-state index >= 15 is 0 Å². The summed E-state index contributed by atoms with van der Waals surface area (Å²) in [6, 6.07) is 0. The van der Waals surface area contributed by atoms with Crippen molar-refractivity contribution in [3.63, 3.8) is 0 Å². The monoisotopic (exact) mass is 567 g/mol. The summed E-state index contributed by atoms with van der Waals surface area (Å²) < 4.78 is 184. The van der Waals surface area contributed by atoms with Gasteiger partial charge in [0.25, 0.3) is 0 Å². The molecule has 0 spiro atoms. The Kier molecular flexibility index (Phi) is 12.7. The van der Waals surface area contributed by atoms with Gasteiger partial charge in [0, 0.05) is 19.4 Å². The van der Waals surface area contributed by atoms with Crippen LogP contribution < -0.4 is 5.32 Å². The van der Waals surface area contributed by atoms with E-state index in [0.717, 1.165) is 0 Å². The molecule has 0 aliphatic carbocycles. The third kappa shape index (κ3) is 8.20. The van der Waals surface area contributed by atoms with Gasteiger partial charge in [0.1, 0.15) is 0 Å². The molecule has 0 aliphatic heterocycles. The largest absolute Gasteiger partial charge is 0.460 e. The van der Waals surface area contributed by atoms with Crippen LogP contribution in [-0.4, -0.2) is 99.6 Å². The molecule has 0 aromatic heterocycles. The number of hydrogen-bond donors (Lipinski definition) is 2. The zero-order chi connectivity index (χ0) is 28.5. The van der Waals surface area contributed by atoms with Crippen LogP contribution in [0.4, 0.5) is 57.1 Å². The first-order chi connectivity index (χ1) is 16.2. The smallest absolute Gasteiger partial charge is 0.394 e. The van der Waals surface area contributed by atoms with Crippen molar-refractivity contribution in [1.29, 1.82) is 0 Å². The van der Waals surface area contributed by atoms with Gasteiger partial charge in [0.2, 0.25) is 5.91 Å². The highest BCUT2D eigenvalue weighted by molar-refractivity contribution is 5.75. The molecule has 0 aromatic carbocycles. The summed E-state index contributed by atoms with van der Waals surface area (Å²) in [6.07, 6.45) is -11.8. The van der Waals surface area contributed by atoms with Gasteiger partial charge in [-0.25, -0.2) is 0 Å². The second-order valence-corrected chi connectivity index (χ2v) is 6.91. The number of amides is 1. The first kappa shape index (κ1) is 34.4. The molecule has 0 bridgehead atoms. The molecule has 0 saturated carbocycles. The maximum Gasteiger partial charge on any atom is 0.460 e. The number of carbonyl (C=O) groups excluding carboxylic acids is 1. The van der Waals surface area contributed by atoms with Gasteiger partial charge >= 0.3 is 35.8 Å². The van der Waals surface area contributed by atoms with Gasteiger partial charge in [-0.1, -0.05) is 0 Å². The van der Waals surface area contributed by atoms with Crippen molar-refractivity contribution in [1.82, 2.24) is 5.32 Å². The lowest BCUT2D eigenvalue weighted by molar-refractivity contribution is -0.440. The third-order valence-corrected chi connectivity index (χ3v) is 4.21. The molecule has 0 unspecified atom stereocenters. The van der Waals surface area contributed by atoms with Crippen molar-refractivity contribution < 1.29 is 81.2 Å². The molecule has 0 rings (SSSR count). The average molecular weight is 567 g/mol. The third-order valence-electron chi connectivity index (χ3n) is 4.21. The SMILES string of the molecule is O=C(CCC(F)(F)C(F)(F)C(F)(F)C(F)(F)C(F)(F)C(F)(F)F)NCCOCCOCCOCCO. The molecule has 0 aromatic rings. The van der Waals surface area contributed by atoms with Crippen molar-refractivity contribution in [2.24, 2.45) is 0 Å². The standard InChI is InChI=1S/C17H22F13NO5/c18-12(19,13(20,21)14(22,23)15(24,25)16(26,27)17(28,29)30)2-1-11(33)31-3-5-34-7-9-36-10-8-35-6-4-32/h32H,1-10H2,(H,31,33). The Morgan fingerprint density at radius 3 is 1.47 bits per heavy atom. The predicted molar refractivity (Wildman–Crippen MR) is 92.6 cm³/mol. The lowest BCUT2D eigenvalue weighted by Gasteiger charge is -2.39. The fourth-order valence-electron chi connectivity index (χ4n) is 2.19. The summed E-state index contributed by atoms with van der Waals surface area (Å²) in [7, 11) is 0. The van der Waals surface area contributed by atoms with Gasteiger partial charge in [0.15, 0.2) is 0 Å². The molecular formula is C17H22F13NO5. The number of alkyl halides is 13. The van der Waals surface area contributed by atoms with Crippen LogP contribution in [0.3, 0.4) is 0 Å². The van der Waals surface area contributed by atoms with E-state index in [0.29, 0.717) is 0 Å². The number of hydrogen-bond acceptors (Lipinski definition) is 5. The van der Waals surface area contributed by atoms with Crippen molar-refractivity contribution in [3.05, 3.63) is 0 Å². The molecule has 0 radical (unpaired) electrons. The zero-order valence-corrected chi connectivity index (χ0v) is 18.1. The highest BCUT2D eigenvalue weighted by atomic mass is 19.4. The van der Waals surface area contributed by atoms with E-state index < -0.39 is 61.1 Å². The van der Waals surface area contributed by atoms with Gasteiger partial charge in [0.05, 0.1) is 46.2 Å². The topological polar surface area (TPSA) is 77.0 Å². The average Bonchev–Trinajstić information content (AvgIpc) is 2.74. The van der Waals surface area contributed by atoms with E-state index in [1.807, 2.05) is 5.32 Å². The minimum atomic E-state index is -7.97. The van der Waals surface area contributed by atoms with Gasteiger partial charge in [-0.05, 0) is 0 Å². The summed E-state index contributed by atoms with van der Waals surface area (Å²) >= 11 is 0. The van der Waals surface area contributed by atoms with Gasteiger partial charge in [-0.2, -0.15) is 57.1 Å². The van der Waals surface area contributed by atoms with E-state index in [1.165, 1.54) is 0 Å². The second kappa shape index (κ2) is 13.3. The highest BCUT2D eigenvalue weighted by Crippen LogP contribution is 2.60. The van der Waals surface area contributed by atoms with E-state index in [2.05, 4.69) is 0 Å². The fourth-order valence-corrected chi connectivity index (χ4v) is 2.19. The van der Waals surface area contributed by atoms with Crippen LogP contribution in [0.1, 0.15) is 12.8 Å². The summed E-state index contributed by atoms with van der Waals surface area (Å²) in [6.45, 7) is -0.446. The van der Waals surface area contributed by atoms with Crippen LogP contribution in [0.25, 0.3) is 0 Å². The minimum absolute atomic E-state index is 0.0357. The summed E-state index contributed by atoms with van der Waals surface area (Å²) in [5, 5.41) is 10.3. The first-order valence-corrected chi connectivity index (χ1v) is 9.77. The highest BCUT2D eigenvalue weighted by Gasteiger charge is 2.90. The van der Waals surface area contributed by atoms with Gasteiger partial charge in [-0.15, -0.1) is 0 Å². The number of rotatable bonds is 18. The number of ether oxygens (including phenoxy) is 3. The Hall–Kier alpha value is -1.60. The van der Waals surface area contributed by atoms with E-state index in [-0.39, 0.29) is 46.2 Å². The minimum Gasteiger partial charge on any atom is -0.394 e. The maximum absolute atomic E-state index is 13.6.